The molecule has 2 amide bonds. The van der Waals surface area contributed by atoms with Crippen molar-refractivity contribution in [3.63, 3.8) is 0 Å². The van der Waals surface area contributed by atoms with Crippen molar-refractivity contribution >= 4 is 17.6 Å². The third-order valence-corrected chi connectivity index (χ3v) is 4.78. The van der Waals surface area contributed by atoms with Crippen LogP contribution in [0.5, 0.6) is 0 Å². The molecule has 2 aromatic rings. The number of nitrogens with one attached hydrogen (secondary N) is 2. The van der Waals surface area contributed by atoms with Gasteiger partial charge in [-0.3, -0.25) is 14.3 Å². The maximum atomic E-state index is 12.3. The fourth-order valence-corrected chi connectivity index (χ4v) is 3.23. The molecular weight excluding hydrogens is 342 g/mol. The third kappa shape index (κ3) is 5.65. The second kappa shape index (κ2) is 9.32. The summed E-state index contributed by atoms with van der Waals surface area (Å²) in [5, 5.41) is 9.94. The van der Waals surface area contributed by atoms with E-state index in [1.54, 1.807) is 13.1 Å². The lowest BCUT2D eigenvalue weighted by Gasteiger charge is -2.14. The highest BCUT2D eigenvalue weighted by atomic mass is 16.2. The Hall–Kier alpha value is -2.67. The van der Waals surface area contributed by atoms with Crippen LogP contribution in [0, 0.1) is 0 Å². The fourth-order valence-electron chi connectivity index (χ4n) is 3.23. The van der Waals surface area contributed by atoms with Crippen molar-refractivity contribution in [3.05, 3.63) is 47.7 Å². The number of carbonyl (C=O) groups is 2. The summed E-state index contributed by atoms with van der Waals surface area (Å²) in [4.78, 5) is 26.8. The molecule has 1 fully saturated rings. The molecule has 1 aliphatic heterocycles. The quantitative estimate of drug-likeness (QED) is 0.744. The normalized spacial score (nSPS) is 14.3. The van der Waals surface area contributed by atoms with Gasteiger partial charge in [0.2, 0.25) is 5.91 Å². The average molecular weight is 369 g/mol. The Morgan fingerprint density at radius 2 is 1.89 bits per heavy atom. The van der Waals surface area contributed by atoms with Crippen molar-refractivity contribution in [2.45, 2.75) is 25.7 Å². The van der Waals surface area contributed by atoms with Gasteiger partial charge in [0.25, 0.3) is 5.91 Å². The molecular formula is C20H27N5O2. The average Bonchev–Trinajstić information content (AvgIpc) is 3.31. The zero-order valence-electron chi connectivity index (χ0n) is 15.8. The molecule has 0 spiro atoms. The van der Waals surface area contributed by atoms with Crippen LogP contribution in [0.2, 0.25) is 0 Å². The Labute approximate surface area is 159 Å². The highest BCUT2D eigenvalue weighted by Crippen LogP contribution is 2.11. The molecule has 2 heterocycles. The van der Waals surface area contributed by atoms with Gasteiger partial charge in [0.05, 0.1) is 0 Å². The number of amides is 2. The van der Waals surface area contributed by atoms with Crippen LogP contribution in [0.3, 0.4) is 0 Å². The lowest BCUT2D eigenvalue weighted by atomic mass is 10.1. The predicted molar refractivity (Wildman–Crippen MR) is 105 cm³/mol. The number of hydrogen-bond donors (Lipinski definition) is 2. The highest BCUT2D eigenvalue weighted by molar-refractivity contribution is 5.95. The fraction of sp³-hybridized carbons (Fsp3) is 0.450. The predicted octanol–water partition coefficient (Wildman–Crippen LogP) is 1.82. The van der Waals surface area contributed by atoms with Crippen molar-refractivity contribution in [1.29, 1.82) is 0 Å². The molecule has 1 aromatic carbocycles. The van der Waals surface area contributed by atoms with Crippen molar-refractivity contribution in [1.82, 2.24) is 20.0 Å². The van der Waals surface area contributed by atoms with E-state index in [1.807, 2.05) is 30.3 Å². The summed E-state index contributed by atoms with van der Waals surface area (Å²) in [6, 6.07) is 11.5. The van der Waals surface area contributed by atoms with Gasteiger partial charge in [-0.15, -0.1) is 0 Å². The Kier molecular flexibility index (Phi) is 6.59. The second-order valence-corrected chi connectivity index (χ2v) is 6.88. The summed E-state index contributed by atoms with van der Waals surface area (Å²) in [5.41, 5.74) is 1.44. The smallest absolute Gasteiger partial charge is 0.271 e. The van der Waals surface area contributed by atoms with Gasteiger partial charge in [-0.25, -0.2) is 0 Å². The lowest BCUT2D eigenvalue weighted by molar-refractivity contribution is -0.116. The van der Waals surface area contributed by atoms with Crippen LogP contribution in [-0.4, -0.2) is 52.7 Å². The minimum Gasteiger partial charge on any atom is -0.349 e. The first-order valence-corrected chi connectivity index (χ1v) is 9.50. The molecule has 0 atom stereocenters. The van der Waals surface area contributed by atoms with Gasteiger partial charge in [-0.1, -0.05) is 30.3 Å². The number of carbonyl (C=O) groups excluding carboxylic acids is 2. The molecule has 1 aliphatic rings. The molecule has 0 saturated carbocycles. The highest BCUT2D eigenvalue weighted by Gasteiger charge is 2.15. The molecule has 27 heavy (non-hydrogen) atoms. The van der Waals surface area contributed by atoms with Crippen LogP contribution < -0.4 is 10.6 Å². The van der Waals surface area contributed by atoms with Crippen LogP contribution in [0.1, 0.15) is 35.3 Å². The summed E-state index contributed by atoms with van der Waals surface area (Å²) in [5.74, 6) is 0.218. The van der Waals surface area contributed by atoms with E-state index in [-0.39, 0.29) is 11.8 Å². The Balaban J connectivity index is 1.46. The van der Waals surface area contributed by atoms with Crippen LogP contribution in [0.4, 0.5) is 5.82 Å². The third-order valence-electron chi connectivity index (χ3n) is 4.78. The van der Waals surface area contributed by atoms with E-state index in [0.29, 0.717) is 30.9 Å². The summed E-state index contributed by atoms with van der Waals surface area (Å²) < 4.78 is 1.52. The number of hydrogen-bond acceptors (Lipinski definition) is 4. The van der Waals surface area contributed by atoms with Crippen molar-refractivity contribution < 1.29 is 9.59 Å². The first-order chi connectivity index (χ1) is 13.1. The topological polar surface area (TPSA) is 79.3 Å². The first kappa shape index (κ1) is 19.1. The van der Waals surface area contributed by atoms with Gasteiger partial charge in [-0.05, 0) is 37.9 Å². The van der Waals surface area contributed by atoms with Crippen LogP contribution in [0.15, 0.2) is 36.4 Å². The largest absolute Gasteiger partial charge is 0.349 e. The van der Waals surface area contributed by atoms with E-state index in [4.69, 9.17) is 0 Å². The maximum absolute atomic E-state index is 12.3. The number of aromatic nitrogens is 2. The lowest BCUT2D eigenvalue weighted by Crippen LogP contribution is -2.33. The first-order valence-electron chi connectivity index (χ1n) is 9.50. The van der Waals surface area contributed by atoms with Crippen LogP contribution in [0.25, 0.3) is 0 Å². The second-order valence-electron chi connectivity index (χ2n) is 6.88. The summed E-state index contributed by atoms with van der Waals surface area (Å²) in [6.45, 7) is 3.69. The molecule has 0 aliphatic carbocycles. The van der Waals surface area contributed by atoms with Gasteiger partial charge in [0.15, 0.2) is 5.69 Å². The van der Waals surface area contributed by atoms with E-state index in [0.717, 1.165) is 25.2 Å². The van der Waals surface area contributed by atoms with Crippen molar-refractivity contribution in [2.75, 3.05) is 31.5 Å². The minimum atomic E-state index is -0.213. The number of nitrogens with zero attached hydrogens (tertiary/aromatic N) is 3. The monoisotopic (exact) mass is 369 g/mol. The molecule has 1 aromatic heterocycles. The Bertz CT molecular complexity index is 766. The molecule has 7 heteroatoms. The Morgan fingerprint density at radius 1 is 1.15 bits per heavy atom. The number of rotatable bonds is 8. The van der Waals surface area contributed by atoms with E-state index in [2.05, 4.69) is 20.6 Å². The molecule has 1 saturated heterocycles. The molecule has 7 nitrogen and oxygen atoms in total. The SMILES string of the molecule is Cn1nc(C(=O)NCCN2CCCC2)cc1NC(=O)CCc1ccccc1. The van der Waals surface area contributed by atoms with Crippen LogP contribution in [-0.2, 0) is 18.3 Å². The van der Waals surface area contributed by atoms with Gasteiger partial charge in [-0.2, -0.15) is 5.10 Å². The van der Waals surface area contributed by atoms with Crippen molar-refractivity contribution in [3.8, 4) is 0 Å². The number of likely N-dealkylation sites (tertiary alicyclic amines) is 1. The Morgan fingerprint density at radius 3 is 2.63 bits per heavy atom. The van der Waals surface area contributed by atoms with Gasteiger partial charge >= 0.3 is 0 Å². The molecule has 0 radical (unpaired) electrons. The van der Waals surface area contributed by atoms with Gasteiger partial charge < -0.3 is 15.5 Å². The zero-order chi connectivity index (χ0) is 19.1. The summed E-state index contributed by atoms with van der Waals surface area (Å²) in [7, 11) is 1.72. The van der Waals surface area contributed by atoms with E-state index < -0.39 is 0 Å². The zero-order valence-corrected chi connectivity index (χ0v) is 15.8. The van der Waals surface area contributed by atoms with E-state index in [1.165, 1.54) is 17.5 Å². The molecule has 2 N–H and O–H groups in total. The molecule has 0 unspecified atom stereocenters. The van der Waals surface area contributed by atoms with Gasteiger partial charge in [0, 0.05) is 32.6 Å². The van der Waals surface area contributed by atoms with Gasteiger partial charge in [0.1, 0.15) is 5.82 Å². The minimum absolute atomic E-state index is 0.0946. The number of benzene rings is 1. The molecule has 3 rings (SSSR count). The standard InChI is InChI=1S/C20H27N5O2/c1-24-18(22-19(26)10-9-16-7-3-2-4-8-16)15-17(23-24)20(27)21-11-14-25-12-5-6-13-25/h2-4,7-8,15H,5-6,9-14H2,1H3,(H,21,27)(H,22,26). The molecule has 144 valence electrons. The molecule has 0 bridgehead atoms. The van der Waals surface area contributed by atoms with E-state index >= 15 is 0 Å². The summed E-state index contributed by atoms with van der Waals surface area (Å²) in [6.07, 6.45) is 3.53. The van der Waals surface area contributed by atoms with Crippen LogP contribution >= 0.6 is 0 Å². The van der Waals surface area contributed by atoms with E-state index in [9.17, 15) is 9.59 Å². The maximum Gasteiger partial charge on any atom is 0.271 e. The summed E-state index contributed by atoms with van der Waals surface area (Å²) >= 11 is 0. The number of anilines is 1. The van der Waals surface area contributed by atoms with Crippen molar-refractivity contribution in [2.24, 2.45) is 7.05 Å². The number of aryl methyl sites for hydroxylation is 2.